The highest BCUT2D eigenvalue weighted by atomic mass is 32.2. The molecule has 0 spiro atoms. The highest BCUT2D eigenvalue weighted by Gasteiger charge is 2.34. The number of nitrogens with zero attached hydrogens (tertiary/aromatic N) is 1. The minimum Gasteiger partial charge on any atom is -0.379 e. The average Bonchev–Trinajstić information content (AvgIpc) is 2.92. The van der Waals surface area contributed by atoms with E-state index in [2.05, 4.69) is 5.32 Å². The van der Waals surface area contributed by atoms with Crippen LogP contribution in [0, 0.1) is 5.92 Å². The zero-order valence-electron chi connectivity index (χ0n) is 15.0. The molecule has 0 radical (unpaired) electrons. The number of carbonyl (C=O) groups excluding carboxylic acids is 1. The van der Waals surface area contributed by atoms with Gasteiger partial charge in [-0.15, -0.1) is 0 Å². The van der Waals surface area contributed by atoms with Crippen molar-refractivity contribution in [2.45, 2.75) is 17.4 Å². The lowest BCUT2D eigenvalue weighted by atomic mass is 10.1. The van der Waals surface area contributed by atoms with Gasteiger partial charge in [0.2, 0.25) is 15.9 Å². The Hall–Kier alpha value is -1.49. The topological polar surface area (TPSA) is 110 Å². The SMILES string of the molecule is CN(C)S(=O)(=O)C[C@@H]1COC[C@H]1NC(=O)Cc1ccc(S(C)(=O)=O)cc1. The maximum absolute atomic E-state index is 12.3. The van der Waals surface area contributed by atoms with E-state index in [-0.39, 0.29) is 48.1 Å². The number of ether oxygens (including phenoxy) is 1. The fourth-order valence-corrected chi connectivity index (χ4v) is 4.44. The number of nitrogens with one attached hydrogen (secondary N) is 1. The number of benzene rings is 1. The first-order valence-electron chi connectivity index (χ1n) is 8.05. The van der Waals surface area contributed by atoms with E-state index in [0.717, 1.165) is 10.6 Å². The first-order chi connectivity index (χ1) is 12.0. The molecule has 26 heavy (non-hydrogen) atoms. The van der Waals surface area contributed by atoms with E-state index >= 15 is 0 Å². The minimum atomic E-state index is -3.38. The van der Waals surface area contributed by atoms with Crippen LogP contribution in [0.2, 0.25) is 0 Å². The third kappa shape index (κ3) is 5.50. The van der Waals surface area contributed by atoms with E-state index in [1.165, 1.54) is 26.2 Å². The Morgan fingerprint density at radius 3 is 2.31 bits per heavy atom. The first kappa shape index (κ1) is 20.8. The van der Waals surface area contributed by atoms with Crippen LogP contribution in [0.25, 0.3) is 0 Å². The van der Waals surface area contributed by atoms with Gasteiger partial charge in [-0.1, -0.05) is 12.1 Å². The highest BCUT2D eigenvalue weighted by Crippen LogP contribution is 2.18. The zero-order valence-corrected chi connectivity index (χ0v) is 16.6. The Morgan fingerprint density at radius 2 is 1.77 bits per heavy atom. The third-order valence-electron chi connectivity index (χ3n) is 4.24. The highest BCUT2D eigenvalue weighted by molar-refractivity contribution is 7.90. The summed E-state index contributed by atoms with van der Waals surface area (Å²) in [5.41, 5.74) is 0.672. The summed E-state index contributed by atoms with van der Waals surface area (Å²) in [7, 11) is -3.72. The Bertz CT molecular complexity index is 847. The van der Waals surface area contributed by atoms with E-state index in [0.29, 0.717) is 5.56 Å². The van der Waals surface area contributed by atoms with Gasteiger partial charge in [0.05, 0.1) is 36.3 Å². The molecule has 1 aliphatic heterocycles. The number of sulfonamides is 1. The molecule has 0 bridgehead atoms. The molecule has 0 unspecified atom stereocenters. The summed E-state index contributed by atoms with van der Waals surface area (Å²) in [4.78, 5) is 12.4. The molecule has 0 aromatic heterocycles. The largest absolute Gasteiger partial charge is 0.379 e. The second-order valence-electron chi connectivity index (χ2n) is 6.63. The molecule has 10 heteroatoms. The predicted octanol–water partition coefficient (Wildman–Crippen LogP) is -0.345. The van der Waals surface area contributed by atoms with Gasteiger partial charge in [-0.3, -0.25) is 4.79 Å². The van der Waals surface area contributed by atoms with Gasteiger partial charge in [0.25, 0.3) is 0 Å². The van der Waals surface area contributed by atoms with Gasteiger partial charge in [-0.2, -0.15) is 0 Å². The summed E-state index contributed by atoms with van der Waals surface area (Å²) in [6.45, 7) is 0.549. The molecule has 1 amide bonds. The zero-order chi connectivity index (χ0) is 19.5. The molecule has 1 aromatic carbocycles. The Kier molecular flexibility index (Phi) is 6.43. The molecule has 146 valence electrons. The molecular weight excluding hydrogens is 380 g/mol. The second kappa shape index (κ2) is 8.03. The Morgan fingerprint density at radius 1 is 1.15 bits per heavy atom. The number of hydrogen-bond acceptors (Lipinski definition) is 6. The standard InChI is InChI=1S/C16H24N2O6S2/c1-18(2)26(22,23)11-13-9-24-10-15(13)17-16(19)8-12-4-6-14(7-5-12)25(3,20)21/h4-7,13,15H,8-11H2,1-3H3,(H,17,19)/t13-,15+/m0/s1. The van der Waals surface area contributed by atoms with Crippen LogP contribution in [-0.2, 0) is 35.8 Å². The molecule has 1 N–H and O–H groups in total. The van der Waals surface area contributed by atoms with Crippen LogP contribution in [0.4, 0.5) is 0 Å². The van der Waals surface area contributed by atoms with Crippen molar-refractivity contribution in [1.29, 1.82) is 0 Å². The third-order valence-corrected chi connectivity index (χ3v) is 7.33. The summed E-state index contributed by atoms with van der Waals surface area (Å²) in [6, 6.07) is 5.74. The van der Waals surface area contributed by atoms with E-state index in [4.69, 9.17) is 4.74 Å². The van der Waals surface area contributed by atoms with Crippen LogP contribution < -0.4 is 5.32 Å². The van der Waals surface area contributed by atoms with Crippen molar-refractivity contribution in [3.63, 3.8) is 0 Å². The van der Waals surface area contributed by atoms with Crippen LogP contribution in [0.15, 0.2) is 29.2 Å². The number of hydrogen-bond donors (Lipinski definition) is 1. The van der Waals surface area contributed by atoms with E-state index in [9.17, 15) is 21.6 Å². The van der Waals surface area contributed by atoms with Crippen molar-refractivity contribution >= 4 is 25.8 Å². The number of sulfone groups is 1. The fraction of sp³-hybridized carbons (Fsp3) is 0.562. The van der Waals surface area contributed by atoms with Gasteiger partial charge in [0.1, 0.15) is 0 Å². The molecule has 0 saturated carbocycles. The lowest BCUT2D eigenvalue weighted by Crippen LogP contribution is -2.44. The van der Waals surface area contributed by atoms with Gasteiger partial charge < -0.3 is 10.1 Å². The van der Waals surface area contributed by atoms with Gasteiger partial charge in [0.15, 0.2) is 9.84 Å². The molecule has 1 fully saturated rings. The van der Waals surface area contributed by atoms with Crippen LogP contribution in [0.5, 0.6) is 0 Å². The molecule has 1 aromatic rings. The number of carbonyl (C=O) groups is 1. The Balaban J connectivity index is 1.96. The summed E-state index contributed by atoms with van der Waals surface area (Å²) in [5, 5.41) is 2.82. The van der Waals surface area contributed by atoms with Gasteiger partial charge >= 0.3 is 0 Å². The average molecular weight is 405 g/mol. The number of rotatable bonds is 7. The smallest absolute Gasteiger partial charge is 0.224 e. The molecular formula is C16H24N2O6S2. The molecule has 2 atom stereocenters. The fourth-order valence-electron chi connectivity index (χ4n) is 2.64. The summed E-state index contributed by atoms with van der Waals surface area (Å²) >= 11 is 0. The van der Waals surface area contributed by atoms with Crippen molar-refractivity contribution in [2.24, 2.45) is 5.92 Å². The quantitative estimate of drug-likeness (QED) is 0.666. The van der Waals surface area contributed by atoms with Crippen molar-refractivity contribution in [1.82, 2.24) is 9.62 Å². The summed E-state index contributed by atoms with van der Waals surface area (Å²) < 4.78 is 53.5. The van der Waals surface area contributed by atoms with Crippen LogP contribution >= 0.6 is 0 Å². The van der Waals surface area contributed by atoms with Crippen LogP contribution in [-0.4, -0.2) is 72.4 Å². The molecule has 1 saturated heterocycles. The van der Waals surface area contributed by atoms with E-state index < -0.39 is 19.9 Å². The second-order valence-corrected chi connectivity index (χ2v) is 10.9. The minimum absolute atomic E-state index is 0.0771. The van der Waals surface area contributed by atoms with Crippen molar-refractivity contribution in [2.75, 3.05) is 39.3 Å². The monoisotopic (exact) mass is 404 g/mol. The molecule has 1 aliphatic rings. The molecule has 1 heterocycles. The number of amides is 1. The maximum atomic E-state index is 12.3. The Labute approximate surface area is 154 Å². The van der Waals surface area contributed by atoms with Crippen molar-refractivity contribution in [3.05, 3.63) is 29.8 Å². The normalized spacial score (nSPS) is 21.1. The van der Waals surface area contributed by atoms with Gasteiger partial charge in [0, 0.05) is 26.3 Å². The van der Waals surface area contributed by atoms with E-state index in [1.807, 2.05) is 0 Å². The molecule has 8 nitrogen and oxygen atoms in total. The maximum Gasteiger partial charge on any atom is 0.224 e. The van der Waals surface area contributed by atoms with Crippen molar-refractivity contribution < 1.29 is 26.4 Å². The van der Waals surface area contributed by atoms with Crippen LogP contribution in [0.3, 0.4) is 0 Å². The molecule has 0 aliphatic carbocycles. The van der Waals surface area contributed by atoms with E-state index in [1.54, 1.807) is 12.1 Å². The lowest BCUT2D eigenvalue weighted by molar-refractivity contribution is -0.121. The summed E-state index contributed by atoms with van der Waals surface area (Å²) in [6.07, 6.45) is 1.20. The predicted molar refractivity (Wildman–Crippen MR) is 97.0 cm³/mol. The summed E-state index contributed by atoms with van der Waals surface area (Å²) in [5.74, 6) is -0.660. The van der Waals surface area contributed by atoms with Gasteiger partial charge in [-0.05, 0) is 17.7 Å². The molecule has 2 rings (SSSR count). The van der Waals surface area contributed by atoms with Gasteiger partial charge in [-0.25, -0.2) is 21.1 Å². The first-order valence-corrected chi connectivity index (χ1v) is 11.6. The van der Waals surface area contributed by atoms with Crippen LogP contribution in [0.1, 0.15) is 5.56 Å². The lowest BCUT2D eigenvalue weighted by Gasteiger charge is -2.21. The van der Waals surface area contributed by atoms with Crippen molar-refractivity contribution in [3.8, 4) is 0 Å².